The van der Waals surface area contributed by atoms with Gasteiger partial charge in [0.2, 0.25) is 0 Å². The summed E-state index contributed by atoms with van der Waals surface area (Å²) in [7, 11) is 3.23. The molecule has 0 heterocycles. The first-order valence-electron chi connectivity index (χ1n) is 9.75. The van der Waals surface area contributed by atoms with Gasteiger partial charge in [-0.1, -0.05) is 19.1 Å². The van der Waals surface area contributed by atoms with Crippen molar-refractivity contribution >= 4 is 5.91 Å². The molecule has 0 radical (unpaired) electrons. The van der Waals surface area contributed by atoms with Crippen molar-refractivity contribution in [2.75, 3.05) is 20.8 Å². The predicted molar refractivity (Wildman–Crippen MR) is 113 cm³/mol. The van der Waals surface area contributed by atoms with E-state index in [0.29, 0.717) is 17.4 Å². The molecular formula is C23H32N2O3. The minimum absolute atomic E-state index is 0.104. The van der Waals surface area contributed by atoms with Crippen LogP contribution in [0.3, 0.4) is 0 Å². The minimum Gasteiger partial charge on any atom is -0.497 e. The molecule has 0 unspecified atom stereocenters. The number of nitrogens with zero attached hydrogens (tertiary/aromatic N) is 1. The molecule has 0 aliphatic heterocycles. The lowest BCUT2D eigenvalue weighted by Gasteiger charge is -2.24. The van der Waals surface area contributed by atoms with Crippen LogP contribution in [0.25, 0.3) is 0 Å². The number of rotatable bonds is 9. The van der Waals surface area contributed by atoms with E-state index in [1.54, 1.807) is 14.2 Å². The lowest BCUT2D eigenvalue weighted by atomic mass is 10.1. The van der Waals surface area contributed by atoms with Crippen molar-refractivity contribution in [1.29, 1.82) is 0 Å². The van der Waals surface area contributed by atoms with Gasteiger partial charge in [0.25, 0.3) is 5.91 Å². The van der Waals surface area contributed by atoms with E-state index in [2.05, 4.69) is 31.0 Å². The fraction of sp³-hybridized carbons (Fsp3) is 0.435. The molecule has 0 fully saturated rings. The zero-order chi connectivity index (χ0) is 20.7. The molecule has 1 N–H and O–H groups in total. The van der Waals surface area contributed by atoms with Gasteiger partial charge in [0, 0.05) is 29.8 Å². The van der Waals surface area contributed by atoms with E-state index in [1.165, 1.54) is 5.56 Å². The van der Waals surface area contributed by atoms with Crippen LogP contribution in [0, 0.1) is 0 Å². The Balaban J connectivity index is 2.06. The summed E-state index contributed by atoms with van der Waals surface area (Å²) in [6.45, 7) is 10.4. The highest BCUT2D eigenvalue weighted by Crippen LogP contribution is 2.29. The van der Waals surface area contributed by atoms with E-state index in [-0.39, 0.29) is 11.9 Å². The lowest BCUT2D eigenvalue weighted by molar-refractivity contribution is 0.0939. The molecule has 1 atom stereocenters. The third-order valence-electron chi connectivity index (χ3n) is 4.99. The van der Waals surface area contributed by atoms with Crippen LogP contribution < -0.4 is 14.8 Å². The molecule has 5 heteroatoms. The Morgan fingerprint density at radius 3 is 2.25 bits per heavy atom. The molecule has 0 saturated heterocycles. The van der Waals surface area contributed by atoms with Crippen molar-refractivity contribution in [3.63, 3.8) is 0 Å². The molecule has 5 nitrogen and oxygen atoms in total. The van der Waals surface area contributed by atoms with Gasteiger partial charge in [0.15, 0.2) is 0 Å². The molecule has 152 valence electrons. The monoisotopic (exact) mass is 384 g/mol. The summed E-state index contributed by atoms with van der Waals surface area (Å²) in [6.07, 6.45) is 0. The van der Waals surface area contributed by atoms with Crippen molar-refractivity contribution in [3.8, 4) is 11.5 Å². The molecule has 1 amide bonds. The average Bonchev–Trinajstić information content (AvgIpc) is 2.71. The van der Waals surface area contributed by atoms with Gasteiger partial charge < -0.3 is 14.8 Å². The first-order chi connectivity index (χ1) is 13.4. The second-order valence-electron chi connectivity index (χ2n) is 7.16. The zero-order valence-electron chi connectivity index (χ0n) is 17.8. The van der Waals surface area contributed by atoms with Gasteiger partial charge in [-0.3, -0.25) is 9.69 Å². The second-order valence-corrected chi connectivity index (χ2v) is 7.16. The Labute approximate surface area is 168 Å². The van der Waals surface area contributed by atoms with Crippen molar-refractivity contribution in [1.82, 2.24) is 10.2 Å². The number of carbonyl (C=O) groups is 1. The van der Waals surface area contributed by atoms with Crippen LogP contribution >= 0.6 is 0 Å². The predicted octanol–water partition coefficient (Wildman–Crippen LogP) is 4.43. The molecule has 0 bridgehead atoms. The maximum Gasteiger partial charge on any atom is 0.251 e. The first-order valence-corrected chi connectivity index (χ1v) is 9.75. The van der Waals surface area contributed by atoms with Crippen LogP contribution in [-0.4, -0.2) is 37.6 Å². The fourth-order valence-electron chi connectivity index (χ4n) is 3.19. The Morgan fingerprint density at radius 1 is 1.04 bits per heavy atom. The lowest BCUT2D eigenvalue weighted by Crippen LogP contribution is -2.30. The maximum atomic E-state index is 12.7. The van der Waals surface area contributed by atoms with Gasteiger partial charge in [-0.25, -0.2) is 0 Å². The topological polar surface area (TPSA) is 50.8 Å². The summed E-state index contributed by atoms with van der Waals surface area (Å²) < 4.78 is 10.7. The SMILES string of the molecule is CCN(Cc1ccc(C(=O)N[C@H](C)c2ccc(OC)cc2OC)cc1)C(C)C. The molecule has 0 saturated carbocycles. The number of amides is 1. The summed E-state index contributed by atoms with van der Waals surface area (Å²) in [6, 6.07) is 13.7. The summed E-state index contributed by atoms with van der Waals surface area (Å²) >= 11 is 0. The smallest absolute Gasteiger partial charge is 0.251 e. The summed E-state index contributed by atoms with van der Waals surface area (Å²) in [5.74, 6) is 1.31. The average molecular weight is 385 g/mol. The Bertz CT molecular complexity index is 772. The maximum absolute atomic E-state index is 12.7. The van der Waals surface area contributed by atoms with Crippen molar-refractivity contribution in [3.05, 3.63) is 59.2 Å². The van der Waals surface area contributed by atoms with Crippen LogP contribution in [-0.2, 0) is 6.54 Å². The highest BCUT2D eigenvalue weighted by molar-refractivity contribution is 5.94. The van der Waals surface area contributed by atoms with Gasteiger partial charge in [-0.05, 0) is 57.1 Å². The van der Waals surface area contributed by atoms with E-state index in [0.717, 1.165) is 24.4 Å². The molecule has 2 aromatic carbocycles. The van der Waals surface area contributed by atoms with Gasteiger partial charge in [-0.15, -0.1) is 0 Å². The van der Waals surface area contributed by atoms with E-state index in [4.69, 9.17) is 9.47 Å². The summed E-state index contributed by atoms with van der Waals surface area (Å²) in [5, 5.41) is 3.04. The van der Waals surface area contributed by atoms with E-state index in [1.807, 2.05) is 49.4 Å². The van der Waals surface area contributed by atoms with Crippen LogP contribution in [0.1, 0.15) is 55.2 Å². The van der Waals surface area contributed by atoms with E-state index < -0.39 is 0 Å². The summed E-state index contributed by atoms with van der Waals surface area (Å²) in [4.78, 5) is 15.0. The van der Waals surface area contributed by atoms with Crippen molar-refractivity contribution < 1.29 is 14.3 Å². The van der Waals surface area contributed by atoms with Crippen LogP contribution in [0.5, 0.6) is 11.5 Å². The largest absolute Gasteiger partial charge is 0.497 e. The van der Waals surface area contributed by atoms with Gasteiger partial charge in [-0.2, -0.15) is 0 Å². The molecular weight excluding hydrogens is 352 g/mol. The standard InChI is InChI=1S/C23H32N2O3/c1-7-25(16(2)3)15-18-8-10-19(11-9-18)23(26)24-17(4)21-13-12-20(27-5)14-22(21)28-6/h8-14,16-17H,7,15H2,1-6H3,(H,24,26)/t17-/m1/s1. The molecule has 2 aromatic rings. The number of hydrogen-bond acceptors (Lipinski definition) is 4. The highest BCUT2D eigenvalue weighted by Gasteiger charge is 2.16. The molecule has 28 heavy (non-hydrogen) atoms. The molecule has 0 aliphatic carbocycles. The Hall–Kier alpha value is -2.53. The number of carbonyl (C=O) groups excluding carboxylic acids is 1. The Morgan fingerprint density at radius 2 is 1.71 bits per heavy atom. The van der Waals surface area contributed by atoms with Gasteiger partial charge in [0.05, 0.1) is 20.3 Å². The normalized spacial score (nSPS) is 12.1. The van der Waals surface area contributed by atoms with Crippen molar-refractivity contribution in [2.45, 2.75) is 46.3 Å². The number of nitrogens with one attached hydrogen (secondary N) is 1. The minimum atomic E-state index is -0.190. The third kappa shape index (κ3) is 5.49. The molecule has 0 aliphatic rings. The third-order valence-corrected chi connectivity index (χ3v) is 4.99. The molecule has 0 spiro atoms. The van der Waals surface area contributed by atoms with Crippen molar-refractivity contribution in [2.24, 2.45) is 0 Å². The van der Waals surface area contributed by atoms with Crippen LogP contribution in [0.15, 0.2) is 42.5 Å². The molecule has 2 rings (SSSR count). The number of hydrogen-bond donors (Lipinski definition) is 1. The van der Waals surface area contributed by atoms with E-state index in [9.17, 15) is 4.79 Å². The Kier molecular flexibility index (Phi) is 7.88. The quantitative estimate of drug-likeness (QED) is 0.695. The summed E-state index contributed by atoms with van der Waals surface area (Å²) in [5.41, 5.74) is 2.76. The van der Waals surface area contributed by atoms with Crippen LogP contribution in [0.4, 0.5) is 0 Å². The number of methoxy groups -OCH3 is 2. The second kappa shape index (κ2) is 10.1. The van der Waals surface area contributed by atoms with Crippen LogP contribution in [0.2, 0.25) is 0 Å². The highest BCUT2D eigenvalue weighted by atomic mass is 16.5. The molecule has 0 aromatic heterocycles. The first kappa shape index (κ1) is 21.8. The number of benzene rings is 2. The fourth-order valence-corrected chi connectivity index (χ4v) is 3.19. The zero-order valence-corrected chi connectivity index (χ0v) is 17.8. The van der Waals surface area contributed by atoms with Gasteiger partial charge in [0.1, 0.15) is 11.5 Å². The van der Waals surface area contributed by atoms with E-state index >= 15 is 0 Å². The van der Waals surface area contributed by atoms with Gasteiger partial charge >= 0.3 is 0 Å². The number of ether oxygens (including phenoxy) is 2.